The number of aromatic nitrogens is 3. The van der Waals surface area contributed by atoms with Crippen LogP contribution in [0.4, 0.5) is 5.95 Å². The van der Waals surface area contributed by atoms with E-state index in [2.05, 4.69) is 15.6 Å². The van der Waals surface area contributed by atoms with Crippen molar-refractivity contribution in [3.8, 4) is 0 Å². The Bertz CT molecular complexity index is 612. The van der Waals surface area contributed by atoms with E-state index in [4.69, 9.17) is 11.6 Å². The number of carbonyl (C=O) groups excluding carboxylic acids is 1. The van der Waals surface area contributed by atoms with Gasteiger partial charge in [-0.05, 0) is 19.4 Å². The summed E-state index contributed by atoms with van der Waals surface area (Å²) < 4.78 is 1.78. The van der Waals surface area contributed by atoms with Gasteiger partial charge in [0.15, 0.2) is 5.16 Å². The predicted octanol–water partition coefficient (Wildman–Crippen LogP) is 1.26. The molecule has 112 valence electrons. The third-order valence-electron chi connectivity index (χ3n) is 2.91. The van der Waals surface area contributed by atoms with Crippen LogP contribution in [0.3, 0.4) is 0 Å². The zero-order valence-corrected chi connectivity index (χ0v) is 12.7. The molecular formula is C13H18N6OS. The van der Waals surface area contributed by atoms with Crippen molar-refractivity contribution in [2.45, 2.75) is 30.3 Å². The monoisotopic (exact) mass is 306 g/mol. The molecule has 7 nitrogen and oxygen atoms in total. The van der Waals surface area contributed by atoms with Gasteiger partial charge in [-0.2, -0.15) is 0 Å². The van der Waals surface area contributed by atoms with Crippen molar-refractivity contribution in [2.24, 2.45) is 5.84 Å². The first-order chi connectivity index (χ1) is 10.0. The average molecular weight is 306 g/mol. The Hall–Kier alpha value is -2.06. The van der Waals surface area contributed by atoms with Gasteiger partial charge in [0, 0.05) is 6.04 Å². The largest absolute Gasteiger partial charge is 0.368 e. The van der Waals surface area contributed by atoms with Crippen molar-refractivity contribution in [3.63, 3.8) is 0 Å². The fourth-order valence-electron chi connectivity index (χ4n) is 1.94. The molecule has 1 unspecified atom stereocenters. The van der Waals surface area contributed by atoms with E-state index in [0.29, 0.717) is 11.1 Å². The van der Waals surface area contributed by atoms with Gasteiger partial charge in [0.1, 0.15) is 5.25 Å². The first-order valence-electron chi connectivity index (χ1n) is 6.47. The maximum absolute atomic E-state index is 12.1. The molecule has 0 fully saturated rings. The van der Waals surface area contributed by atoms with Crippen molar-refractivity contribution in [1.29, 1.82) is 0 Å². The molecule has 0 saturated heterocycles. The summed E-state index contributed by atoms with van der Waals surface area (Å²) in [6.07, 6.45) is 0. The third-order valence-corrected chi connectivity index (χ3v) is 4.12. The minimum absolute atomic E-state index is 0.0971. The number of hydrogen-bond donors (Lipinski definition) is 3. The number of nitrogens with two attached hydrogens (primary N) is 2. The van der Waals surface area contributed by atoms with Crippen LogP contribution in [-0.2, 0) is 4.79 Å². The zero-order chi connectivity index (χ0) is 15.4. The third kappa shape index (κ3) is 3.34. The Kier molecular flexibility index (Phi) is 4.81. The van der Waals surface area contributed by atoms with Crippen LogP contribution in [0.15, 0.2) is 35.5 Å². The Morgan fingerprint density at radius 3 is 2.52 bits per heavy atom. The molecule has 0 radical (unpaired) electrons. The molecule has 8 heteroatoms. The standard InChI is InChI=1S/C13H18N6OS/c1-8(2)19-12(14)17-18-13(19)21-10(11(20)16-15)9-6-4-3-5-7-9/h3-8,10H,15H2,1-2H3,(H2,14,17)(H,16,20). The molecule has 0 bridgehead atoms. The lowest BCUT2D eigenvalue weighted by molar-refractivity contribution is -0.120. The molecule has 0 saturated carbocycles. The van der Waals surface area contributed by atoms with Gasteiger partial charge in [0.05, 0.1) is 0 Å². The molecule has 21 heavy (non-hydrogen) atoms. The number of rotatable bonds is 5. The van der Waals surface area contributed by atoms with Crippen molar-refractivity contribution in [2.75, 3.05) is 5.73 Å². The van der Waals surface area contributed by atoms with Crippen molar-refractivity contribution >= 4 is 23.6 Å². The maximum Gasteiger partial charge on any atom is 0.251 e. The van der Waals surface area contributed by atoms with Crippen LogP contribution < -0.4 is 17.0 Å². The second-order valence-electron chi connectivity index (χ2n) is 4.72. The molecule has 0 aliphatic heterocycles. The number of hydrogen-bond acceptors (Lipinski definition) is 6. The summed E-state index contributed by atoms with van der Waals surface area (Å²) in [5.41, 5.74) is 8.84. The summed E-state index contributed by atoms with van der Waals surface area (Å²) >= 11 is 1.27. The van der Waals surface area contributed by atoms with E-state index in [1.807, 2.05) is 44.2 Å². The van der Waals surface area contributed by atoms with Gasteiger partial charge >= 0.3 is 0 Å². The number of hydrazine groups is 1. The summed E-state index contributed by atoms with van der Waals surface area (Å²) in [5.74, 6) is 5.31. The van der Waals surface area contributed by atoms with Crippen molar-refractivity contribution in [1.82, 2.24) is 20.2 Å². The van der Waals surface area contributed by atoms with Gasteiger partial charge in [-0.25, -0.2) is 5.84 Å². The zero-order valence-electron chi connectivity index (χ0n) is 11.9. The summed E-state index contributed by atoms with van der Waals surface area (Å²) in [5, 5.41) is 7.99. The number of nitrogen functional groups attached to an aromatic ring is 1. The average Bonchev–Trinajstić information content (AvgIpc) is 2.85. The van der Waals surface area contributed by atoms with Crippen molar-refractivity contribution in [3.05, 3.63) is 35.9 Å². The molecule has 2 aromatic rings. The highest BCUT2D eigenvalue weighted by Gasteiger charge is 2.25. The van der Waals surface area contributed by atoms with Gasteiger partial charge in [-0.15, -0.1) is 10.2 Å². The van der Waals surface area contributed by atoms with E-state index >= 15 is 0 Å². The lowest BCUT2D eigenvalue weighted by Crippen LogP contribution is -2.33. The summed E-state index contributed by atoms with van der Waals surface area (Å²) in [4.78, 5) is 12.1. The van der Waals surface area contributed by atoms with E-state index in [1.165, 1.54) is 11.8 Å². The van der Waals surface area contributed by atoms with Crippen LogP contribution in [0.5, 0.6) is 0 Å². The quantitative estimate of drug-likeness (QED) is 0.332. The molecule has 1 atom stereocenters. The van der Waals surface area contributed by atoms with Crippen LogP contribution in [-0.4, -0.2) is 20.7 Å². The Morgan fingerprint density at radius 2 is 1.95 bits per heavy atom. The molecule has 0 aliphatic carbocycles. The Balaban J connectivity index is 2.35. The first-order valence-corrected chi connectivity index (χ1v) is 7.35. The van der Waals surface area contributed by atoms with Crippen LogP contribution in [0.1, 0.15) is 30.7 Å². The number of amides is 1. The smallest absolute Gasteiger partial charge is 0.251 e. The van der Waals surface area contributed by atoms with E-state index in [-0.39, 0.29) is 11.9 Å². The number of anilines is 1. The highest BCUT2D eigenvalue weighted by molar-refractivity contribution is 8.00. The highest BCUT2D eigenvalue weighted by atomic mass is 32.2. The molecule has 1 aromatic carbocycles. The van der Waals surface area contributed by atoms with E-state index in [1.54, 1.807) is 4.57 Å². The Morgan fingerprint density at radius 1 is 1.29 bits per heavy atom. The maximum atomic E-state index is 12.1. The minimum atomic E-state index is -0.516. The van der Waals surface area contributed by atoms with Crippen LogP contribution >= 0.6 is 11.8 Å². The number of thioether (sulfide) groups is 1. The number of nitrogens with one attached hydrogen (secondary N) is 1. The second-order valence-corrected chi connectivity index (χ2v) is 5.79. The van der Waals surface area contributed by atoms with Gasteiger partial charge in [0.25, 0.3) is 5.91 Å². The SMILES string of the molecule is CC(C)n1c(N)nnc1SC(C(=O)NN)c1ccccc1. The molecule has 2 rings (SSSR count). The molecule has 5 N–H and O–H groups in total. The van der Waals surface area contributed by atoms with Gasteiger partial charge in [0.2, 0.25) is 5.95 Å². The highest BCUT2D eigenvalue weighted by Crippen LogP contribution is 2.36. The molecule has 1 amide bonds. The lowest BCUT2D eigenvalue weighted by Gasteiger charge is -2.17. The van der Waals surface area contributed by atoms with Crippen LogP contribution in [0, 0.1) is 0 Å². The van der Waals surface area contributed by atoms with E-state index in [9.17, 15) is 4.79 Å². The number of carbonyl (C=O) groups is 1. The van der Waals surface area contributed by atoms with Crippen LogP contribution in [0.25, 0.3) is 0 Å². The molecule has 1 heterocycles. The van der Waals surface area contributed by atoms with E-state index < -0.39 is 5.25 Å². The summed E-state index contributed by atoms with van der Waals surface area (Å²) in [7, 11) is 0. The molecular weight excluding hydrogens is 288 g/mol. The summed E-state index contributed by atoms with van der Waals surface area (Å²) in [6, 6.07) is 9.46. The Labute approximate surface area is 127 Å². The summed E-state index contributed by atoms with van der Waals surface area (Å²) in [6.45, 7) is 3.95. The van der Waals surface area contributed by atoms with Gasteiger partial charge in [-0.1, -0.05) is 42.1 Å². The van der Waals surface area contributed by atoms with E-state index in [0.717, 1.165) is 5.56 Å². The first kappa shape index (κ1) is 15.3. The predicted molar refractivity (Wildman–Crippen MR) is 82.2 cm³/mol. The number of benzene rings is 1. The second kappa shape index (κ2) is 6.59. The normalized spacial score (nSPS) is 12.4. The van der Waals surface area contributed by atoms with Crippen molar-refractivity contribution < 1.29 is 4.79 Å². The lowest BCUT2D eigenvalue weighted by atomic mass is 10.1. The minimum Gasteiger partial charge on any atom is -0.368 e. The van der Waals surface area contributed by atoms with Crippen LogP contribution in [0.2, 0.25) is 0 Å². The topological polar surface area (TPSA) is 112 Å². The van der Waals surface area contributed by atoms with Gasteiger partial charge < -0.3 is 5.73 Å². The molecule has 0 aliphatic rings. The fraction of sp³-hybridized carbons (Fsp3) is 0.308. The molecule has 1 aromatic heterocycles. The van der Waals surface area contributed by atoms with Gasteiger partial charge in [-0.3, -0.25) is 14.8 Å². The number of nitrogens with zero attached hydrogens (tertiary/aromatic N) is 3. The molecule has 0 spiro atoms. The fourth-order valence-corrected chi connectivity index (χ4v) is 3.12.